The Morgan fingerprint density at radius 1 is 0.468 bits per heavy atom. The van der Waals surface area contributed by atoms with E-state index in [9.17, 15) is 24.0 Å². The van der Waals surface area contributed by atoms with Crippen molar-refractivity contribution in [1.29, 1.82) is 0 Å². The van der Waals surface area contributed by atoms with E-state index in [0.717, 1.165) is 77.0 Å². The molecule has 1 rings (SSSR count). The van der Waals surface area contributed by atoms with Gasteiger partial charge in [0, 0.05) is 39.2 Å². The second-order valence-electron chi connectivity index (χ2n) is 18.2. The smallest absolute Gasteiger partial charge is 0.306 e. The van der Waals surface area contributed by atoms with Crippen molar-refractivity contribution in [1.82, 2.24) is 0 Å². The monoisotopic (exact) mass is 879 g/mol. The van der Waals surface area contributed by atoms with Crippen molar-refractivity contribution in [2.75, 3.05) is 46.8 Å². The molecule has 2 atom stereocenters. The molecule has 0 amide bonds. The van der Waals surface area contributed by atoms with Crippen LogP contribution in [0.25, 0.3) is 0 Å². The number of carbonyl (C=O) groups excluding carboxylic acids is 5. The van der Waals surface area contributed by atoms with Gasteiger partial charge in [0.2, 0.25) is 0 Å². The van der Waals surface area contributed by atoms with Gasteiger partial charge in [-0.05, 0) is 69.6 Å². The van der Waals surface area contributed by atoms with E-state index in [0.29, 0.717) is 57.7 Å². The molecule has 11 heteroatoms. The van der Waals surface area contributed by atoms with Crippen molar-refractivity contribution in [2.24, 2.45) is 17.3 Å². The molecular weight excluding hydrogens is 789 g/mol. The molecule has 11 nitrogen and oxygen atoms in total. The molecule has 1 aliphatic carbocycles. The standard InChI is InChI=1S/C51H90O11/c1-6-9-11-13-15-21-27-33-58-46(52)29-23-17-19-25-31-48(54)60-40-51(39-57-5,42-62-50(56)38-45-36-43(4)35-44(8-3)37-45)41-61-49(55)32-26-20-18-24-30-47(53)59-34-28-22-16-14-12-10-7-2/h44-45H,4,6-42H2,1-3,5H3. The van der Waals surface area contributed by atoms with Crippen LogP contribution in [-0.2, 0) is 52.4 Å². The summed E-state index contributed by atoms with van der Waals surface area (Å²) < 4.78 is 33.6. The maximum absolute atomic E-state index is 13.2. The van der Waals surface area contributed by atoms with Gasteiger partial charge in [-0.25, -0.2) is 0 Å². The minimum absolute atomic E-state index is 0.0447. The lowest BCUT2D eigenvalue weighted by molar-refractivity contribution is -0.167. The Balaban J connectivity index is 2.53. The van der Waals surface area contributed by atoms with Crippen LogP contribution in [0.4, 0.5) is 0 Å². The largest absolute Gasteiger partial charge is 0.466 e. The lowest BCUT2D eigenvalue weighted by atomic mass is 9.76. The van der Waals surface area contributed by atoms with E-state index in [1.165, 1.54) is 76.9 Å². The van der Waals surface area contributed by atoms with Gasteiger partial charge in [-0.3, -0.25) is 24.0 Å². The second kappa shape index (κ2) is 38.5. The lowest BCUT2D eigenvalue weighted by Crippen LogP contribution is -2.43. The van der Waals surface area contributed by atoms with Crippen LogP contribution in [-0.4, -0.2) is 76.6 Å². The fourth-order valence-electron chi connectivity index (χ4n) is 8.12. The fraction of sp³-hybridized carbons (Fsp3) is 0.863. The summed E-state index contributed by atoms with van der Waals surface area (Å²) in [5.74, 6) is -0.784. The molecule has 0 aromatic heterocycles. The summed E-state index contributed by atoms with van der Waals surface area (Å²) in [6, 6.07) is 0. The van der Waals surface area contributed by atoms with Crippen molar-refractivity contribution in [2.45, 2.75) is 220 Å². The van der Waals surface area contributed by atoms with Crippen LogP contribution in [0.1, 0.15) is 220 Å². The normalized spacial score (nSPS) is 15.3. The minimum atomic E-state index is -1.08. The third kappa shape index (κ3) is 31.8. The Hall–Kier alpha value is -2.95. The molecule has 0 spiro atoms. The predicted octanol–water partition coefficient (Wildman–Crippen LogP) is 12.3. The van der Waals surface area contributed by atoms with Crippen LogP contribution in [0.2, 0.25) is 0 Å². The van der Waals surface area contributed by atoms with Crippen LogP contribution in [0.3, 0.4) is 0 Å². The SMILES string of the molecule is C=C1CC(CC)CC(CC(=O)OCC(COC)(COC(=O)CCCCCCC(=O)OCCCCCCCCC)COC(=O)CCCCCCC(=O)OCCCCCCCCC)C1. The van der Waals surface area contributed by atoms with Gasteiger partial charge in [0.25, 0.3) is 0 Å². The molecule has 0 aliphatic heterocycles. The zero-order chi connectivity index (χ0) is 45.5. The molecule has 1 fully saturated rings. The Labute approximate surface area is 377 Å². The quantitative estimate of drug-likeness (QED) is 0.0251. The molecule has 0 aromatic rings. The lowest BCUT2D eigenvalue weighted by Gasteiger charge is -2.32. The summed E-state index contributed by atoms with van der Waals surface area (Å²) >= 11 is 0. The van der Waals surface area contributed by atoms with Gasteiger partial charge in [-0.15, -0.1) is 0 Å². The third-order valence-electron chi connectivity index (χ3n) is 12.0. The minimum Gasteiger partial charge on any atom is -0.466 e. The number of ether oxygens (including phenoxy) is 6. The van der Waals surface area contributed by atoms with Gasteiger partial charge in [-0.2, -0.15) is 0 Å². The van der Waals surface area contributed by atoms with Crippen LogP contribution in [0.15, 0.2) is 12.2 Å². The van der Waals surface area contributed by atoms with E-state index in [2.05, 4.69) is 27.4 Å². The van der Waals surface area contributed by atoms with E-state index < -0.39 is 17.4 Å². The number of rotatable bonds is 41. The van der Waals surface area contributed by atoms with E-state index >= 15 is 0 Å². The van der Waals surface area contributed by atoms with E-state index in [1.54, 1.807) is 0 Å². The highest BCUT2D eigenvalue weighted by atomic mass is 16.6. The highest BCUT2D eigenvalue weighted by molar-refractivity contribution is 5.71. The Morgan fingerprint density at radius 3 is 1.23 bits per heavy atom. The number of carbonyl (C=O) groups is 5. The first-order valence-corrected chi connectivity index (χ1v) is 25.0. The molecule has 0 N–H and O–H groups in total. The summed E-state index contributed by atoms with van der Waals surface area (Å²) in [4.78, 5) is 63.2. The zero-order valence-electron chi connectivity index (χ0n) is 40.0. The van der Waals surface area contributed by atoms with Crippen molar-refractivity contribution < 1.29 is 52.4 Å². The molecule has 0 heterocycles. The first-order valence-electron chi connectivity index (χ1n) is 25.0. The molecule has 62 heavy (non-hydrogen) atoms. The first kappa shape index (κ1) is 57.1. The van der Waals surface area contributed by atoms with Crippen LogP contribution in [0, 0.1) is 17.3 Å². The van der Waals surface area contributed by atoms with Gasteiger partial charge in [0.05, 0.1) is 25.2 Å². The Kier molecular flexibility index (Phi) is 35.4. The Bertz CT molecular complexity index is 1140. The summed E-state index contributed by atoms with van der Waals surface area (Å²) in [6.45, 7) is 11.4. The summed E-state index contributed by atoms with van der Waals surface area (Å²) in [5.41, 5.74) is 0.0875. The summed E-state index contributed by atoms with van der Waals surface area (Å²) in [5, 5.41) is 0. The molecule has 360 valence electrons. The molecule has 2 unspecified atom stereocenters. The topological polar surface area (TPSA) is 141 Å². The summed E-state index contributed by atoms with van der Waals surface area (Å²) in [7, 11) is 1.51. The highest BCUT2D eigenvalue weighted by Crippen LogP contribution is 2.36. The number of hydrogen-bond donors (Lipinski definition) is 0. The molecular formula is C51H90O11. The van der Waals surface area contributed by atoms with Gasteiger partial charge >= 0.3 is 29.8 Å². The molecule has 0 saturated heterocycles. The number of hydrogen-bond acceptors (Lipinski definition) is 11. The van der Waals surface area contributed by atoms with Gasteiger partial charge in [0.15, 0.2) is 0 Å². The van der Waals surface area contributed by atoms with Crippen molar-refractivity contribution in [3.05, 3.63) is 12.2 Å². The number of esters is 5. The van der Waals surface area contributed by atoms with Gasteiger partial charge in [-0.1, -0.05) is 142 Å². The van der Waals surface area contributed by atoms with Crippen molar-refractivity contribution in [3.63, 3.8) is 0 Å². The molecule has 1 saturated carbocycles. The number of methoxy groups -OCH3 is 1. The van der Waals surface area contributed by atoms with E-state index in [4.69, 9.17) is 28.4 Å². The maximum Gasteiger partial charge on any atom is 0.306 e. The third-order valence-corrected chi connectivity index (χ3v) is 12.0. The summed E-state index contributed by atoms with van der Waals surface area (Å²) in [6.07, 6.45) is 27.5. The van der Waals surface area contributed by atoms with Crippen LogP contribution >= 0.6 is 0 Å². The average molecular weight is 879 g/mol. The van der Waals surface area contributed by atoms with Crippen molar-refractivity contribution >= 4 is 29.8 Å². The molecule has 0 aromatic carbocycles. The van der Waals surface area contributed by atoms with Gasteiger partial charge < -0.3 is 28.4 Å². The second-order valence-corrected chi connectivity index (χ2v) is 18.2. The highest BCUT2D eigenvalue weighted by Gasteiger charge is 2.37. The molecule has 0 bridgehead atoms. The number of allylic oxidation sites excluding steroid dienone is 1. The predicted molar refractivity (Wildman–Crippen MR) is 245 cm³/mol. The van der Waals surface area contributed by atoms with Crippen molar-refractivity contribution in [3.8, 4) is 0 Å². The van der Waals surface area contributed by atoms with Crippen LogP contribution in [0.5, 0.6) is 0 Å². The molecule has 1 aliphatic rings. The van der Waals surface area contributed by atoms with E-state index in [-0.39, 0.29) is 69.5 Å². The average Bonchev–Trinajstić information content (AvgIpc) is 3.25. The molecule has 0 radical (unpaired) electrons. The maximum atomic E-state index is 13.2. The zero-order valence-corrected chi connectivity index (χ0v) is 40.0. The Morgan fingerprint density at radius 2 is 0.823 bits per heavy atom. The van der Waals surface area contributed by atoms with E-state index in [1.807, 2.05) is 0 Å². The fourth-order valence-corrected chi connectivity index (χ4v) is 8.12. The first-order chi connectivity index (χ1) is 30.1. The van der Waals surface area contributed by atoms with Crippen LogP contribution < -0.4 is 0 Å². The number of unbranched alkanes of at least 4 members (excludes halogenated alkanes) is 18. The van der Waals surface area contributed by atoms with Gasteiger partial charge in [0.1, 0.15) is 19.8 Å².